The number of anilines is 1. The van der Waals surface area contributed by atoms with Crippen LogP contribution in [0.2, 0.25) is 5.02 Å². The fourth-order valence-electron chi connectivity index (χ4n) is 2.08. The second-order valence-corrected chi connectivity index (χ2v) is 4.73. The summed E-state index contributed by atoms with van der Waals surface area (Å²) in [6, 6.07) is 8.46. The lowest BCUT2D eigenvalue weighted by atomic mass is 10.1. The summed E-state index contributed by atoms with van der Waals surface area (Å²) in [4.78, 5) is 0. The van der Waals surface area contributed by atoms with Crippen molar-refractivity contribution in [3.05, 3.63) is 58.6 Å². The van der Waals surface area contributed by atoms with Crippen LogP contribution in [-0.2, 0) is 0 Å². The molecule has 2 aromatic rings. The molecular formula is C14H10ClF2NO. The molecule has 98 valence electrons. The molecule has 1 N–H and O–H groups in total. The molecule has 19 heavy (non-hydrogen) atoms. The van der Waals surface area contributed by atoms with E-state index in [1.807, 2.05) is 0 Å². The lowest BCUT2D eigenvalue weighted by Gasteiger charge is -2.28. The maximum absolute atomic E-state index is 13.7. The first kappa shape index (κ1) is 12.2. The Hall–Kier alpha value is -1.81. The largest absolute Gasteiger partial charge is 0.482 e. The highest BCUT2D eigenvalue weighted by molar-refractivity contribution is 6.30. The Morgan fingerprint density at radius 3 is 2.84 bits per heavy atom. The SMILES string of the molecule is Fc1ccc(F)c(C2CNc3cc(Cl)ccc3O2)c1. The van der Waals surface area contributed by atoms with Gasteiger partial charge >= 0.3 is 0 Å². The smallest absolute Gasteiger partial charge is 0.144 e. The number of rotatable bonds is 1. The quantitative estimate of drug-likeness (QED) is 0.847. The van der Waals surface area contributed by atoms with Crippen molar-refractivity contribution in [2.24, 2.45) is 0 Å². The molecule has 1 aliphatic rings. The number of ether oxygens (including phenoxy) is 1. The van der Waals surface area contributed by atoms with E-state index in [4.69, 9.17) is 16.3 Å². The van der Waals surface area contributed by atoms with Crippen molar-refractivity contribution in [3.63, 3.8) is 0 Å². The van der Waals surface area contributed by atoms with Crippen LogP contribution in [0.1, 0.15) is 11.7 Å². The Balaban J connectivity index is 1.93. The van der Waals surface area contributed by atoms with Crippen LogP contribution in [0.15, 0.2) is 36.4 Å². The first-order chi connectivity index (χ1) is 9.13. The summed E-state index contributed by atoms with van der Waals surface area (Å²) >= 11 is 5.87. The molecule has 0 spiro atoms. The molecular weight excluding hydrogens is 272 g/mol. The molecule has 0 radical (unpaired) electrons. The molecule has 1 heterocycles. The Morgan fingerprint density at radius 1 is 1.16 bits per heavy atom. The van der Waals surface area contributed by atoms with E-state index in [0.717, 1.165) is 23.9 Å². The average molecular weight is 282 g/mol. The van der Waals surface area contributed by atoms with Crippen LogP contribution in [-0.4, -0.2) is 6.54 Å². The molecule has 5 heteroatoms. The Bertz CT molecular complexity index is 633. The Labute approximate surface area is 114 Å². The lowest BCUT2D eigenvalue weighted by molar-refractivity contribution is 0.205. The molecule has 0 fully saturated rings. The van der Waals surface area contributed by atoms with Gasteiger partial charge in [0.15, 0.2) is 0 Å². The van der Waals surface area contributed by atoms with Crippen LogP contribution in [0.4, 0.5) is 14.5 Å². The minimum Gasteiger partial charge on any atom is -0.482 e. The summed E-state index contributed by atoms with van der Waals surface area (Å²) < 4.78 is 32.6. The lowest BCUT2D eigenvalue weighted by Crippen LogP contribution is -2.24. The molecule has 0 amide bonds. The molecule has 0 saturated heterocycles. The molecule has 2 aromatic carbocycles. The zero-order chi connectivity index (χ0) is 13.4. The van der Waals surface area contributed by atoms with Crippen molar-refractivity contribution in [2.45, 2.75) is 6.10 Å². The van der Waals surface area contributed by atoms with Crippen LogP contribution in [0, 0.1) is 11.6 Å². The van der Waals surface area contributed by atoms with E-state index in [1.54, 1.807) is 18.2 Å². The predicted molar refractivity (Wildman–Crippen MR) is 69.7 cm³/mol. The Morgan fingerprint density at radius 2 is 2.00 bits per heavy atom. The third-order valence-corrected chi connectivity index (χ3v) is 3.23. The van der Waals surface area contributed by atoms with Crippen molar-refractivity contribution >= 4 is 17.3 Å². The van der Waals surface area contributed by atoms with Gasteiger partial charge in [0.25, 0.3) is 0 Å². The topological polar surface area (TPSA) is 21.3 Å². The molecule has 0 aliphatic carbocycles. The molecule has 0 saturated carbocycles. The Kier molecular flexibility index (Phi) is 3.03. The molecule has 0 bridgehead atoms. The second-order valence-electron chi connectivity index (χ2n) is 4.29. The first-order valence-corrected chi connectivity index (χ1v) is 6.16. The molecule has 1 aliphatic heterocycles. The summed E-state index contributed by atoms with van der Waals surface area (Å²) in [5, 5.41) is 3.69. The summed E-state index contributed by atoms with van der Waals surface area (Å²) in [6.45, 7) is 0.355. The minimum absolute atomic E-state index is 0.202. The fraction of sp³-hybridized carbons (Fsp3) is 0.143. The summed E-state index contributed by atoms with van der Waals surface area (Å²) in [7, 11) is 0. The zero-order valence-electron chi connectivity index (χ0n) is 9.79. The zero-order valence-corrected chi connectivity index (χ0v) is 10.5. The number of fused-ring (bicyclic) bond motifs is 1. The monoisotopic (exact) mass is 281 g/mol. The van der Waals surface area contributed by atoms with Gasteiger partial charge in [0.1, 0.15) is 23.5 Å². The van der Waals surface area contributed by atoms with Crippen molar-refractivity contribution in [1.29, 1.82) is 0 Å². The van der Waals surface area contributed by atoms with Gasteiger partial charge in [0, 0.05) is 10.6 Å². The highest BCUT2D eigenvalue weighted by Crippen LogP contribution is 2.36. The van der Waals surface area contributed by atoms with E-state index in [1.165, 1.54) is 0 Å². The summed E-state index contributed by atoms with van der Waals surface area (Å²) in [6.07, 6.45) is -0.565. The average Bonchev–Trinajstić information content (AvgIpc) is 2.41. The molecule has 3 rings (SSSR count). The first-order valence-electron chi connectivity index (χ1n) is 5.78. The van der Waals surface area contributed by atoms with Crippen molar-refractivity contribution in [2.75, 3.05) is 11.9 Å². The normalized spacial score (nSPS) is 17.3. The summed E-state index contributed by atoms with van der Waals surface area (Å²) in [5.41, 5.74) is 0.952. The number of benzene rings is 2. The van der Waals surface area contributed by atoms with Crippen molar-refractivity contribution in [3.8, 4) is 5.75 Å². The van der Waals surface area contributed by atoms with E-state index < -0.39 is 17.7 Å². The van der Waals surface area contributed by atoms with Crippen LogP contribution < -0.4 is 10.1 Å². The number of hydrogen-bond donors (Lipinski definition) is 1. The van der Waals surface area contributed by atoms with Gasteiger partial charge in [-0.15, -0.1) is 0 Å². The van der Waals surface area contributed by atoms with Crippen LogP contribution in [0.3, 0.4) is 0 Å². The van der Waals surface area contributed by atoms with E-state index >= 15 is 0 Å². The van der Waals surface area contributed by atoms with E-state index in [-0.39, 0.29) is 5.56 Å². The van der Waals surface area contributed by atoms with E-state index in [2.05, 4.69) is 5.32 Å². The van der Waals surface area contributed by atoms with Crippen molar-refractivity contribution in [1.82, 2.24) is 0 Å². The standard InChI is InChI=1S/C14H10ClF2NO/c15-8-1-4-13-12(5-8)18-7-14(19-13)10-6-9(16)2-3-11(10)17/h1-6,14,18H,7H2. The number of halogens is 3. The van der Waals surface area contributed by atoms with Crippen LogP contribution in [0.25, 0.3) is 0 Å². The van der Waals surface area contributed by atoms with E-state index in [9.17, 15) is 8.78 Å². The highest BCUT2D eigenvalue weighted by atomic mass is 35.5. The highest BCUT2D eigenvalue weighted by Gasteiger charge is 2.24. The number of hydrogen-bond acceptors (Lipinski definition) is 2. The van der Waals surface area contributed by atoms with Gasteiger partial charge in [0.2, 0.25) is 0 Å². The van der Waals surface area contributed by atoms with Crippen LogP contribution in [0.5, 0.6) is 5.75 Å². The second kappa shape index (κ2) is 4.70. The van der Waals surface area contributed by atoms with Gasteiger partial charge in [-0.05, 0) is 36.4 Å². The van der Waals surface area contributed by atoms with Gasteiger partial charge in [-0.1, -0.05) is 11.6 Å². The van der Waals surface area contributed by atoms with Gasteiger partial charge in [-0.25, -0.2) is 8.78 Å². The number of nitrogens with one attached hydrogen (secondary N) is 1. The maximum Gasteiger partial charge on any atom is 0.144 e. The molecule has 2 nitrogen and oxygen atoms in total. The van der Waals surface area contributed by atoms with Gasteiger partial charge in [-0.2, -0.15) is 0 Å². The van der Waals surface area contributed by atoms with Gasteiger partial charge < -0.3 is 10.1 Å². The van der Waals surface area contributed by atoms with Gasteiger partial charge in [-0.3, -0.25) is 0 Å². The molecule has 0 aromatic heterocycles. The third kappa shape index (κ3) is 2.36. The molecule has 1 atom stereocenters. The fourth-order valence-corrected chi connectivity index (χ4v) is 2.25. The molecule has 1 unspecified atom stereocenters. The minimum atomic E-state index is -0.565. The van der Waals surface area contributed by atoms with Gasteiger partial charge in [0.05, 0.1) is 12.2 Å². The van der Waals surface area contributed by atoms with Crippen LogP contribution >= 0.6 is 11.6 Å². The third-order valence-electron chi connectivity index (χ3n) is 2.99. The van der Waals surface area contributed by atoms with Crippen molar-refractivity contribution < 1.29 is 13.5 Å². The van der Waals surface area contributed by atoms with E-state index in [0.29, 0.717) is 17.3 Å². The summed E-state index contributed by atoms with van der Waals surface area (Å²) in [5.74, 6) is -0.392. The maximum atomic E-state index is 13.7. The predicted octanol–water partition coefficient (Wildman–Crippen LogP) is 4.16.